The van der Waals surface area contributed by atoms with Gasteiger partial charge in [-0.05, 0) is 57.0 Å². The number of likely N-dealkylation sites (N-methyl/N-ethyl adjacent to an activating group) is 1. The smallest absolute Gasteiger partial charge is 0.317 e. The van der Waals surface area contributed by atoms with E-state index in [-0.39, 0.29) is 18.5 Å². The van der Waals surface area contributed by atoms with Crippen LogP contribution in [0.1, 0.15) is 35.2 Å². The highest BCUT2D eigenvalue weighted by molar-refractivity contribution is 6.31. The van der Waals surface area contributed by atoms with Crippen LogP contribution in [0.2, 0.25) is 5.02 Å². The van der Waals surface area contributed by atoms with Crippen molar-refractivity contribution in [2.45, 2.75) is 32.2 Å². The number of hydrogen-bond donors (Lipinski definition) is 1. The van der Waals surface area contributed by atoms with Crippen molar-refractivity contribution in [1.82, 2.24) is 9.80 Å². The zero-order valence-electron chi connectivity index (χ0n) is 13.6. The summed E-state index contributed by atoms with van der Waals surface area (Å²) in [5.74, 6) is -0.798. The predicted molar refractivity (Wildman–Crippen MR) is 90.0 cm³/mol. The number of nitrogens with zero attached hydrogens (tertiary/aromatic N) is 2. The van der Waals surface area contributed by atoms with Crippen molar-refractivity contribution < 1.29 is 14.7 Å². The Labute approximate surface area is 141 Å². The number of halogens is 1. The second-order valence-corrected chi connectivity index (χ2v) is 6.56. The number of aryl methyl sites for hydroxylation is 1. The molecule has 0 spiro atoms. The average Bonchev–Trinajstić information content (AvgIpc) is 2.74. The van der Waals surface area contributed by atoms with Crippen molar-refractivity contribution in [3.05, 3.63) is 34.3 Å². The van der Waals surface area contributed by atoms with Gasteiger partial charge in [0.2, 0.25) is 0 Å². The lowest BCUT2D eigenvalue weighted by Gasteiger charge is -2.25. The summed E-state index contributed by atoms with van der Waals surface area (Å²) in [4.78, 5) is 27.2. The van der Waals surface area contributed by atoms with Gasteiger partial charge in [-0.25, -0.2) is 0 Å². The maximum Gasteiger partial charge on any atom is 0.317 e. The Balaban J connectivity index is 2.00. The molecule has 0 aliphatic carbocycles. The number of carbonyl (C=O) groups excluding carboxylic acids is 1. The molecule has 1 fully saturated rings. The first-order chi connectivity index (χ1) is 10.9. The second kappa shape index (κ2) is 7.79. The molecule has 1 atom stereocenters. The summed E-state index contributed by atoms with van der Waals surface area (Å²) in [5.41, 5.74) is 1.55. The molecule has 1 aromatic rings. The summed E-state index contributed by atoms with van der Waals surface area (Å²) in [6.45, 7) is 3.28. The Morgan fingerprint density at radius 1 is 1.35 bits per heavy atom. The SMILES string of the molecule is Cc1cc(C(=O)N2CCC[C@H](N(C)CC(=O)O)CC2)ccc1Cl. The monoisotopic (exact) mass is 338 g/mol. The van der Waals surface area contributed by atoms with Crippen LogP contribution in [0.3, 0.4) is 0 Å². The van der Waals surface area contributed by atoms with Crippen LogP contribution >= 0.6 is 11.6 Å². The molecule has 6 heteroatoms. The maximum atomic E-state index is 12.6. The minimum atomic E-state index is -0.818. The third-order valence-corrected chi connectivity index (χ3v) is 4.82. The highest BCUT2D eigenvalue weighted by Crippen LogP contribution is 2.20. The lowest BCUT2D eigenvalue weighted by molar-refractivity contribution is -0.138. The van der Waals surface area contributed by atoms with E-state index >= 15 is 0 Å². The minimum absolute atomic E-state index is 0.0197. The molecule has 1 amide bonds. The van der Waals surface area contributed by atoms with Gasteiger partial charge in [0.25, 0.3) is 5.91 Å². The van der Waals surface area contributed by atoms with Crippen molar-refractivity contribution in [2.24, 2.45) is 0 Å². The summed E-state index contributed by atoms with van der Waals surface area (Å²) >= 11 is 6.01. The van der Waals surface area contributed by atoms with Crippen molar-refractivity contribution in [3.63, 3.8) is 0 Å². The van der Waals surface area contributed by atoms with E-state index in [0.717, 1.165) is 24.8 Å². The number of likely N-dealkylation sites (tertiary alicyclic amines) is 1. The molecule has 1 saturated heterocycles. The topological polar surface area (TPSA) is 60.9 Å². The predicted octanol–water partition coefficient (Wildman–Crippen LogP) is 2.66. The van der Waals surface area contributed by atoms with Crippen molar-refractivity contribution >= 4 is 23.5 Å². The molecule has 1 aliphatic heterocycles. The first-order valence-electron chi connectivity index (χ1n) is 7.86. The molecule has 5 nitrogen and oxygen atoms in total. The van der Waals surface area contributed by atoms with E-state index in [4.69, 9.17) is 16.7 Å². The summed E-state index contributed by atoms with van der Waals surface area (Å²) in [5, 5.41) is 9.57. The van der Waals surface area contributed by atoms with Gasteiger partial charge in [0.1, 0.15) is 0 Å². The molecule has 1 N–H and O–H groups in total. The molecule has 1 aromatic carbocycles. The Morgan fingerprint density at radius 3 is 2.74 bits per heavy atom. The van der Waals surface area contributed by atoms with E-state index in [1.807, 2.05) is 29.8 Å². The first-order valence-corrected chi connectivity index (χ1v) is 8.23. The summed E-state index contributed by atoms with van der Waals surface area (Å²) < 4.78 is 0. The lowest BCUT2D eigenvalue weighted by atomic mass is 10.1. The van der Waals surface area contributed by atoms with Gasteiger partial charge in [-0.1, -0.05) is 11.6 Å². The Bertz CT molecular complexity index is 591. The first kappa shape index (κ1) is 17.8. The molecule has 0 radical (unpaired) electrons. The number of carboxylic acid groups (broad SMARTS) is 1. The summed E-state index contributed by atoms with van der Waals surface area (Å²) in [7, 11) is 1.83. The molecule has 1 heterocycles. The fraction of sp³-hybridized carbons (Fsp3) is 0.529. The van der Waals surface area contributed by atoms with Crippen LogP contribution in [-0.2, 0) is 4.79 Å². The van der Waals surface area contributed by atoms with E-state index in [0.29, 0.717) is 23.7 Å². The van der Waals surface area contributed by atoms with Crippen LogP contribution in [0.5, 0.6) is 0 Å². The number of carbonyl (C=O) groups is 2. The maximum absolute atomic E-state index is 12.6. The molecule has 0 bridgehead atoms. The van der Waals surface area contributed by atoms with E-state index in [1.54, 1.807) is 12.1 Å². The Kier molecular flexibility index (Phi) is 6.02. The lowest BCUT2D eigenvalue weighted by Crippen LogP contribution is -2.37. The fourth-order valence-electron chi connectivity index (χ4n) is 3.03. The normalized spacial score (nSPS) is 18.8. The number of aliphatic carboxylic acids is 1. The highest BCUT2D eigenvalue weighted by atomic mass is 35.5. The highest BCUT2D eigenvalue weighted by Gasteiger charge is 2.24. The molecular formula is C17H23ClN2O3. The van der Waals surface area contributed by atoms with Crippen LogP contribution in [0.15, 0.2) is 18.2 Å². The number of amides is 1. The zero-order valence-corrected chi connectivity index (χ0v) is 14.3. The average molecular weight is 339 g/mol. The van der Waals surface area contributed by atoms with Crippen LogP contribution < -0.4 is 0 Å². The van der Waals surface area contributed by atoms with Crippen LogP contribution in [0, 0.1) is 6.92 Å². The van der Waals surface area contributed by atoms with E-state index in [9.17, 15) is 9.59 Å². The van der Waals surface area contributed by atoms with Crippen molar-refractivity contribution in [2.75, 3.05) is 26.7 Å². The van der Waals surface area contributed by atoms with Gasteiger partial charge in [0, 0.05) is 29.7 Å². The summed E-state index contributed by atoms with van der Waals surface area (Å²) in [6, 6.07) is 5.54. The van der Waals surface area contributed by atoms with Gasteiger partial charge in [0.15, 0.2) is 0 Å². The third-order valence-electron chi connectivity index (χ3n) is 4.40. The third kappa shape index (κ3) is 4.69. The van der Waals surface area contributed by atoms with Gasteiger partial charge in [0.05, 0.1) is 6.54 Å². The molecule has 126 valence electrons. The van der Waals surface area contributed by atoms with E-state index in [2.05, 4.69) is 0 Å². The summed E-state index contributed by atoms with van der Waals surface area (Å²) in [6.07, 6.45) is 2.59. The van der Waals surface area contributed by atoms with Gasteiger partial charge in [-0.15, -0.1) is 0 Å². The van der Waals surface area contributed by atoms with Crippen LogP contribution in [0.25, 0.3) is 0 Å². The number of hydrogen-bond acceptors (Lipinski definition) is 3. The minimum Gasteiger partial charge on any atom is -0.480 e. The molecule has 1 aliphatic rings. The zero-order chi connectivity index (χ0) is 17.0. The number of rotatable bonds is 4. The molecule has 2 rings (SSSR count). The number of benzene rings is 1. The van der Waals surface area contributed by atoms with Crippen LogP contribution in [-0.4, -0.2) is 59.5 Å². The molecular weight excluding hydrogens is 316 g/mol. The molecule has 0 saturated carbocycles. The van der Waals surface area contributed by atoms with Gasteiger partial charge >= 0.3 is 5.97 Å². The molecule has 0 unspecified atom stereocenters. The van der Waals surface area contributed by atoms with Gasteiger partial charge in [-0.2, -0.15) is 0 Å². The fourth-order valence-corrected chi connectivity index (χ4v) is 3.14. The largest absolute Gasteiger partial charge is 0.480 e. The van der Waals surface area contributed by atoms with Crippen LogP contribution in [0.4, 0.5) is 0 Å². The quantitative estimate of drug-likeness (QED) is 0.916. The molecule has 23 heavy (non-hydrogen) atoms. The van der Waals surface area contributed by atoms with Gasteiger partial charge < -0.3 is 10.0 Å². The van der Waals surface area contributed by atoms with E-state index in [1.165, 1.54) is 0 Å². The Morgan fingerprint density at radius 2 is 2.09 bits per heavy atom. The van der Waals surface area contributed by atoms with Crippen molar-refractivity contribution in [1.29, 1.82) is 0 Å². The molecule has 0 aromatic heterocycles. The van der Waals surface area contributed by atoms with Crippen molar-refractivity contribution in [3.8, 4) is 0 Å². The second-order valence-electron chi connectivity index (χ2n) is 6.15. The Hall–Kier alpha value is -1.59. The van der Waals surface area contributed by atoms with Gasteiger partial charge in [-0.3, -0.25) is 14.5 Å². The standard InChI is InChI=1S/C17H23ClN2O3/c1-12-10-13(5-6-15(12)18)17(23)20-8-3-4-14(7-9-20)19(2)11-16(21)22/h5-6,10,14H,3-4,7-9,11H2,1-2H3,(H,21,22)/t14-/m0/s1. The number of carboxylic acids is 1. The van der Waals surface area contributed by atoms with E-state index < -0.39 is 5.97 Å².